The van der Waals surface area contributed by atoms with E-state index in [-0.39, 0.29) is 11.5 Å². The fourth-order valence-electron chi connectivity index (χ4n) is 3.98. The maximum absolute atomic E-state index is 12.4. The minimum Gasteiger partial charge on any atom is -0.492 e. The predicted molar refractivity (Wildman–Crippen MR) is 109 cm³/mol. The first kappa shape index (κ1) is 16.5. The molecule has 0 fully saturated rings. The Kier molecular flexibility index (Phi) is 3.49. The summed E-state index contributed by atoms with van der Waals surface area (Å²) in [4.78, 5) is 24.7. The molecule has 4 aromatic carbocycles. The highest BCUT2D eigenvalue weighted by molar-refractivity contribution is 6.61. The van der Waals surface area contributed by atoms with Gasteiger partial charge in [-0.3, -0.25) is 9.59 Å². The molecule has 28 heavy (non-hydrogen) atoms. The van der Waals surface area contributed by atoms with Crippen molar-refractivity contribution in [1.82, 2.24) is 0 Å². The van der Waals surface area contributed by atoms with Crippen LogP contribution in [0, 0.1) is 0 Å². The maximum Gasteiger partial charge on any atom is 0.271 e. The Hall–Kier alpha value is -3.66. The summed E-state index contributed by atoms with van der Waals surface area (Å²) in [5.41, 5.74) is 0. The summed E-state index contributed by atoms with van der Waals surface area (Å²) in [6.07, 6.45) is 0. The number of hydrogen-bond donors (Lipinski definition) is 0. The zero-order chi connectivity index (χ0) is 19.4. The van der Waals surface area contributed by atoms with Gasteiger partial charge in [-0.25, -0.2) is 0 Å². The number of Topliss-reactive ketones (excluding diaryl/α,β-unsaturated/α-hetero) is 2. The van der Waals surface area contributed by atoms with E-state index in [2.05, 4.69) is 36.4 Å². The molecular formula is C24H16O4. The monoisotopic (exact) mass is 368 g/mol. The zero-order valence-corrected chi connectivity index (χ0v) is 15.4. The Bertz CT molecular complexity index is 1350. The van der Waals surface area contributed by atoms with Crippen LogP contribution in [0.25, 0.3) is 43.8 Å². The van der Waals surface area contributed by atoms with Crippen LogP contribution in [0.4, 0.5) is 0 Å². The molecule has 4 heteroatoms. The molecule has 0 amide bonds. The fraction of sp³-hybridized carbons (Fsp3) is 0.0833. The molecule has 5 rings (SSSR count). The summed E-state index contributed by atoms with van der Waals surface area (Å²) in [5.74, 6) is -1.25. The molecule has 0 N–H and O–H groups in total. The van der Waals surface area contributed by atoms with E-state index in [1.165, 1.54) is 25.0 Å². The molecule has 0 saturated heterocycles. The van der Waals surface area contributed by atoms with Crippen molar-refractivity contribution in [3.63, 3.8) is 0 Å². The number of methoxy groups -OCH3 is 2. The molecule has 1 aliphatic rings. The fourth-order valence-corrected chi connectivity index (χ4v) is 3.98. The largest absolute Gasteiger partial charge is 0.492 e. The number of carbonyl (C=O) groups excluding carboxylic acids is 2. The quantitative estimate of drug-likeness (QED) is 0.403. The smallest absolute Gasteiger partial charge is 0.271 e. The van der Waals surface area contributed by atoms with Gasteiger partial charge in [0.1, 0.15) is 0 Å². The lowest BCUT2D eigenvalue weighted by molar-refractivity contribution is -0.132. The predicted octanol–water partition coefficient (Wildman–Crippen LogP) is 2.81. The number of ether oxygens (including phenoxy) is 2. The van der Waals surface area contributed by atoms with Gasteiger partial charge in [0.05, 0.1) is 14.2 Å². The second-order valence-corrected chi connectivity index (χ2v) is 6.87. The first-order valence-corrected chi connectivity index (χ1v) is 8.92. The van der Waals surface area contributed by atoms with E-state index < -0.39 is 11.6 Å². The molecule has 0 spiro atoms. The summed E-state index contributed by atoms with van der Waals surface area (Å²) >= 11 is 0. The van der Waals surface area contributed by atoms with Gasteiger partial charge < -0.3 is 9.47 Å². The van der Waals surface area contributed by atoms with Crippen molar-refractivity contribution in [1.29, 1.82) is 0 Å². The number of hydrogen-bond acceptors (Lipinski definition) is 4. The van der Waals surface area contributed by atoms with E-state index in [0.29, 0.717) is 10.4 Å². The summed E-state index contributed by atoms with van der Waals surface area (Å²) in [5, 5.41) is 7.66. The van der Waals surface area contributed by atoms with Crippen LogP contribution in [0.15, 0.2) is 60.7 Å². The van der Waals surface area contributed by atoms with Crippen molar-refractivity contribution in [3.8, 4) is 0 Å². The van der Waals surface area contributed by atoms with Crippen LogP contribution in [0.3, 0.4) is 0 Å². The van der Waals surface area contributed by atoms with Gasteiger partial charge in [0.25, 0.3) is 11.6 Å². The molecule has 0 atom stereocenters. The van der Waals surface area contributed by atoms with Crippen LogP contribution in [0.5, 0.6) is 0 Å². The first-order valence-electron chi connectivity index (χ1n) is 8.92. The Morgan fingerprint density at radius 1 is 0.536 bits per heavy atom. The molecule has 0 saturated carbocycles. The Morgan fingerprint density at radius 2 is 0.893 bits per heavy atom. The molecular weight excluding hydrogens is 352 g/mol. The standard InChI is InChI=1S/C24H16O4/c1-27-23-19-11-17-9-15-7-13-5-3-4-6-14(13)8-16(15)10-18(17)12-20(19)24(28-2)22(26)21(23)25/h3-12H,1-2H3. The zero-order valence-electron chi connectivity index (χ0n) is 15.4. The minimum atomic E-state index is -0.682. The van der Waals surface area contributed by atoms with Crippen LogP contribution < -0.4 is 10.4 Å². The molecule has 0 heterocycles. The van der Waals surface area contributed by atoms with Gasteiger partial charge in [-0.15, -0.1) is 0 Å². The second kappa shape index (κ2) is 5.92. The lowest BCUT2D eigenvalue weighted by Crippen LogP contribution is -2.41. The lowest BCUT2D eigenvalue weighted by atomic mass is 9.95. The van der Waals surface area contributed by atoms with Gasteiger partial charge in [0.2, 0.25) is 0 Å². The second-order valence-electron chi connectivity index (χ2n) is 6.87. The van der Waals surface area contributed by atoms with Crippen molar-refractivity contribution < 1.29 is 19.1 Å². The van der Waals surface area contributed by atoms with E-state index in [0.717, 1.165) is 21.5 Å². The van der Waals surface area contributed by atoms with Gasteiger partial charge in [-0.2, -0.15) is 0 Å². The third-order valence-corrected chi connectivity index (χ3v) is 5.31. The molecule has 0 aromatic heterocycles. The van der Waals surface area contributed by atoms with Crippen molar-refractivity contribution in [2.75, 3.05) is 14.2 Å². The van der Waals surface area contributed by atoms with Crippen LogP contribution in [-0.2, 0) is 19.1 Å². The molecule has 4 aromatic rings. The number of rotatable bonds is 2. The number of carbonyl (C=O) groups is 2. The molecule has 0 radical (unpaired) electrons. The summed E-state index contributed by atoms with van der Waals surface area (Å²) in [6.45, 7) is 0. The topological polar surface area (TPSA) is 52.6 Å². The molecule has 0 aliphatic heterocycles. The average molecular weight is 368 g/mol. The molecule has 0 bridgehead atoms. The highest BCUT2D eigenvalue weighted by Gasteiger charge is 2.30. The summed E-state index contributed by atoms with van der Waals surface area (Å²) < 4.78 is 10.5. The van der Waals surface area contributed by atoms with Gasteiger partial charge in [0, 0.05) is 10.4 Å². The summed E-state index contributed by atoms with van der Waals surface area (Å²) in [6, 6.07) is 20.5. The SMILES string of the molecule is COC1=c2cc3cc4cc5ccccc5cc4cc3cc2=C(OC)C(=O)C1=O. The normalized spacial score (nSPS) is 14.1. The number of fused-ring (bicyclic) bond motifs is 4. The van der Waals surface area contributed by atoms with Crippen molar-refractivity contribution >= 4 is 55.4 Å². The number of benzene rings is 4. The average Bonchev–Trinajstić information content (AvgIpc) is 2.71. The van der Waals surface area contributed by atoms with Gasteiger partial charge in [-0.05, 0) is 68.7 Å². The van der Waals surface area contributed by atoms with Crippen LogP contribution >= 0.6 is 0 Å². The highest BCUT2D eigenvalue weighted by Crippen LogP contribution is 2.27. The molecule has 1 aliphatic carbocycles. The number of ketones is 2. The van der Waals surface area contributed by atoms with Gasteiger partial charge >= 0.3 is 0 Å². The molecule has 136 valence electrons. The Balaban J connectivity index is 1.95. The van der Waals surface area contributed by atoms with Crippen LogP contribution in [-0.4, -0.2) is 25.8 Å². The van der Waals surface area contributed by atoms with E-state index >= 15 is 0 Å². The van der Waals surface area contributed by atoms with Crippen LogP contribution in [0.2, 0.25) is 0 Å². The van der Waals surface area contributed by atoms with Gasteiger partial charge in [-0.1, -0.05) is 24.3 Å². The molecule has 0 unspecified atom stereocenters. The highest BCUT2D eigenvalue weighted by atomic mass is 16.5. The first-order chi connectivity index (χ1) is 13.6. The van der Waals surface area contributed by atoms with E-state index in [1.54, 1.807) is 0 Å². The van der Waals surface area contributed by atoms with Crippen molar-refractivity contribution in [2.45, 2.75) is 0 Å². The van der Waals surface area contributed by atoms with E-state index in [4.69, 9.17) is 9.47 Å². The van der Waals surface area contributed by atoms with E-state index in [9.17, 15) is 9.59 Å². The van der Waals surface area contributed by atoms with Crippen LogP contribution in [0.1, 0.15) is 0 Å². The Labute approximate surface area is 160 Å². The molecule has 4 nitrogen and oxygen atoms in total. The van der Waals surface area contributed by atoms with Crippen molar-refractivity contribution in [2.24, 2.45) is 0 Å². The third-order valence-electron chi connectivity index (χ3n) is 5.31. The lowest BCUT2D eigenvalue weighted by Gasteiger charge is -2.14. The third kappa shape index (κ3) is 2.24. The maximum atomic E-state index is 12.4. The van der Waals surface area contributed by atoms with Gasteiger partial charge in [0.15, 0.2) is 11.5 Å². The van der Waals surface area contributed by atoms with Crippen molar-refractivity contribution in [3.05, 3.63) is 71.1 Å². The summed E-state index contributed by atoms with van der Waals surface area (Å²) in [7, 11) is 2.80. The Morgan fingerprint density at radius 3 is 1.29 bits per heavy atom. The minimum absolute atomic E-state index is 0.0568. The van der Waals surface area contributed by atoms with E-state index in [1.807, 2.05) is 24.3 Å².